The van der Waals surface area contributed by atoms with E-state index in [0.717, 1.165) is 24.0 Å². The van der Waals surface area contributed by atoms with Crippen LogP contribution in [0.4, 0.5) is 11.8 Å². The minimum absolute atomic E-state index is 0.212. The highest BCUT2D eigenvalue weighted by atomic mass is 15.2. The third-order valence-electron chi connectivity index (χ3n) is 2.77. The second-order valence-corrected chi connectivity index (χ2v) is 4.23. The number of hydrogen-bond donors (Lipinski definition) is 3. The fraction of sp³-hybridized carbons (Fsp3) is 0.273. The van der Waals surface area contributed by atoms with Gasteiger partial charge in [0.15, 0.2) is 11.5 Å². The van der Waals surface area contributed by atoms with Crippen LogP contribution in [0.1, 0.15) is 5.56 Å². The number of H-pyrrole nitrogens is 1. The van der Waals surface area contributed by atoms with E-state index in [1.165, 1.54) is 0 Å². The van der Waals surface area contributed by atoms with E-state index in [9.17, 15) is 0 Å². The molecule has 0 aliphatic rings. The average Bonchev–Trinajstić information content (AvgIpc) is 2.98. The minimum atomic E-state index is 0.212. The van der Waals surface area contributed by atoms with E-state index in [2.05, 4.69) is 30.4 Å². The van der Waals surface area contributed by atoms with Crippen molar-refractivity contribution >= 4 is 22.9 Å². The van der Waals surface area contributed by atoms with Crippen molar-refractivity contribution in [3.8, 4) is 0 Å². The monoisotopic (exact) mass is 258 g/mol. The largest absolute Gasteiger partial charge is 0.368 e. The molecule has 0 unspecified atom stereocenters. The van der Waals surface area contributed by atoms with Crippen LogP contribution in [-0.2, 0) is 13.5 Å². The highest BCUT2D eigenvalue weighted by Crippen LogP contribution is 2.17. The number of nitrogens with zero attached hydrogens (tertiary/aromatic N) is 5. The Morgan fingerprint density at radius 3 is 3.11 bits per heavy atom. The molecule has 3 rings (SSSR count). The third-order valence-corrected chi connectivity index (χ3v) is 2.77. The summed E-state index contributed by atoms with van der Waals surface area (Å²) in [6.07, 6.45) is 6.27. The first kappa shape index (κ1) is 11.5. The maximum absolute atomic E-state index is 5.64. The Hall–Kier alpha value is -2.64. The van der Waals surface area contributed by atoms with Crippen LogP contribution in [0, 0.1) is 0 Å². The molecule has 3 heterocycles. The molecule has 3 aromatic heterocycles. The lowest BCUT2D eigenvalue weighted by Crippen LogP contribution is -2.08. The molecular formula is C11H14N8. The van der Waals surface area contributed by atoms with Crippen LogP contribution < -0.4 is 11.1 Å². The quantitative estimate of drug-likeness (QED) is 0.621. The summed E-state index contributed by atoms with van der Waals surface area (Å²) in [4.78, 5) is 15.3. The Kier molecular flexibility index (Phi) is 2.75. The number of anilines is 2. The number of aryl methyl sites for hydroxylation is 1. The Balaban J connectivity index is 1.73. The summed E-state index contributed by atoms with van der Waals surface area (Å²) in [5.41, 5.74) is 8.14. The number of nitrogen functional groups attached to an aromatic ring is 1. The van der Waals surface area contributed by atoms with Gasteiger partial charge in [-0.25, -0.2) is 4.98 Å². The van der Waals surface area contributed by atoms with Gasteiger partial charge in [0.1, 0.15) is 5.52 Å². The van der Waals surface area contributed by atoms with Crippen molar-refractivity contribution in [2.24, 2.45) is 7.05 Å². The van der Waals surface area contributed by atoms with Gasteiger partial charge in [-0.3, -0.25) is 4.68 Å². The van der Waals surface area contributed by atoms with Gasteiger partial charge in [0.05, 0.1) is 12.5 Å². The van der Waals surface area contributed by atoms with Gasteiger partial charge >= 0.3 is 0 Å². The van der Waals surface area contributed by atoms with Crippen LogP contribution in [0.3, 0.4) is 0 Å². The summed E-state index contributed by atoms with van der Waals surface area (Å²) in [5.74, 6) is 0.882. The second-order valence-electron chi connectivity index (χ2n) is 4.23. The Morgan fingerprint density at radius 2 is 2.32 bits per heavy atom. The van der Waals surface area contributed by atoms with Crippen LogP contribution in [0.2, 0.25) is 0 Å². The van der Waals surface area contributed by atoms with Crippen LogP contribution in [0.5, 0.6) is 0 Å². The van der Waals surface area contributed by atoms with Crippen molar-refractivity contribution in [2.75, 3.05) is 17.6 Å². The molecule has 3 aromatic rings. The van der Waals surface area contributed by atoms with E-state index in [4.69, 9.17) is 5.73 Å². The predicted molar refractivity (Wildman–Crippen MR) is 71.5 cm³/mol. The lowest BCUT2D eigenvalue weighted by molar-refractivity contribution is 0.767. The number of aromatic amines is 1. The average molecular weight is 258 g/mol. The lowest BCUT2D eigenvalue weighted by atomic mass is 10.2. The van der Waals surface area contributed by atoms with Crippen molar-refractivity contribution in [1.82, 2.24) is 29.7 Å². The molecule has 0 radical (unpaired) electrons. The molecule has 0 fully saturated rings. The van der Waals surface area contributed by atoms with E-state index < -0.39 is 0 Å². The van der Waals surface area contributed by atoms with Crippen molar-refractivity contribution in [3.63, 3.8) is 0 Å². The topological polar surface area (TPSA) is 110 Å². The van der Waals surface area contributed by atoms with E-state index in [1.54, 1.807) is 11.0 Å². The summed E-state index contributed by atoms with van der Waals surface area (Å²) in [6, 6.07) is 0. The summed E-state index contributed by atoms with van der Waals surface area (Å²) in [7, 11) is 1.90. The summed E-state index contributed by atoms with van der Waals surface area (Å²) in [6.45, 7) is 0.732. The Morgan fingerprint density at radius 1 is 1.42 bits per heavy atom. The van der Waals surface area contributed by atoms with Gasteiger partial charge in [-0.1, -0.05) is 0 Å². The van der Waals surface area contributed by atoms with Gasteiger partial charge in [-0.15, -0.1) is 0 Å². The van der Waals surface area contributed by atoms with E-state index >= 15 is 0 Å². The van der Waals surface area contributed by atoms with Gasteiger partial charge in [0.2, 0.25) is 5.95 Å². The van der Waals surface area contributed by atoms with Crippen LogP contribution in [0.25, 0.3) is 11.2 Å². The molecule has 0 atom stereocenters. The van der Waals surface area contributed by atoms with E-state index in [1.807, 2.05) is 19.4 Å². The first-order chi connectivity index (χ1) is 9.22. The van der Waals surface area contributed by atoms with Gasteiger partial charge < -0.3 is 16.0 Å². The number of aromatic nitrogens is 6. The predicted octanol–water partition coefficient (Wildman–Crippen LogP) is 0.323. The first-order valence-electron chi connectivity index (χ1n) is 5.90. The molecule has 98 valence electrons. The van der Waals surface area contributed by atoms with Crippen molar-refractivity contribution in [1.29, 1.82) is 0 Å². The lowest BCUT2D eigenvalue weighted by Gasteiger charge is -2.05. The molecular weight excluding hydrogens is 244 g/mol. The van der Waals surface area contributed by atoms with Gasteiger partial charge in [-0.05, 0) is 12.0 Å². The molecule has 0 saturated heterocycles. The van der Waals surface area contributed by atoms with Crippen molar-refractivity contribution in [2.45, 2.75) is 6.42 Å². The normalized spacial score (nSPS) is 11.0. The maximum Gasteiger partial charge on any atom is 0.224 e. The Bertz CT molecular complexity index is 698. The molecule has 8 nitrogen and oxygen atoms in total. The van der Waals surface area contributed by atoms with Crippen LogP contribution >= 0.6 is 0 Å². The molecule has 8 heteroatoms. The summed E-state index contributed by atoms with van der Waals surface area (Å²) in [5, 5.41) is 7.36. The molecule has 19 heavy (non-hydrogen) atoms. The molecule has 0 aromatic carbocycles. The number of rotatable bonds is 4. The molecule has 0 aliphatic heterocycles. The maximum atomic E-state index is 5.64. The molecule has 0 aliphatic carbocycles. The SMILES string of the molecule is Cn1cc(CCNc2nc(N)nc3nc[nH]c23)cn1. The van der Waals surface area contributed by atoms with E-state index in [0.29, 0.717) is 11.5 Å². The summed E-state index contributed by atoms with van der Waals surface area (Å²) >= 11 is 0. The van der Waals surface area contributed by atoms with Gasteiger partial charge in [0, 0.05) is 19.8 Å². The van der Waals surface area contributed by atoms with Crippen LogP contribution in [0.15, 0.2) is 18.7 Å². The number of hydrogen-bond acceptors (Lipinski definition) is 6. The molecule has 4 N–H and O–H groups in total. The molecule has 0 spiro atoms. The molecule has 0 bridgehead atoms. The highest BCUT2D eigenvalue weighted by molar-refractivity contribution is 5.83. The van der Waals surface area contributed by atoms with Crippen molar-refractivity contribution in [3.05, 3.63) is 24.3 Å². The van der Waals surface area contributed by atoms with Crippen LogP contribution in [-0.4, -0.2) is 36.3 Å². The molecule has 0 saturated carbocycles. The number of nitrogens with two attached hydrogens (primary N) is 1. The highest BCUT2D eigenvalue weighted by Gasteiger charge is 2.07. The van der Waals surface area contributed by atoms with Crippen molar-refractivity contribution < 1.29 is 0 Å². The summed E-state index contributed by atoms with van der Waals surface area (Å²) < 4.78 is 1.78. The molecule has 0 amide bonds. The fourth-order valence-corrected chi connectivity index (χ4v) is 1.90. The van der Waals surface area contributed by atoms with Gasteiger partial charge in [0.25, 0.3) is 0 Å². The minimum Gasteiger partial charge on any atom is -0.368 e. The zero-order valence-corrected chi connectivity index (χ0v) is 10.5. The first-order valence-corrected chi connectivity index (χ1v) is 5.90. The Labute approximate surface area is 109 Å². The second kappa shape index (κ2) is 4.56. The zero-order valence-electron chi connectivity index (χ0n) is 10.5. The van der Waals surface area contributed by atoms with Gasteiger partial charge in [-0.2, -0.15) is 15.1 Å². The smallest absolute Gasteiger partial charge is 0.224 e. The number of fused-ring (bicyclic) bond motifs is 1. The number of nitrogens with one attached hydrogen (secondary N) is 2. The zero-order chi connectivity index (χ0) is 13.2. The third kappa shape index (κ3) is 2.32. The number of imidazole rings is 1. The fourth-order valence-electron chi connectivity index (χ4n) is 1.90. The standard InChI is InChI=1S/C11H14N8/c1-19-5-7(4-16-19)2-3-13-9-8-10(15-6-14-8)18-11(12)17-9/h4-6H,2-3H2,1H3,(H4,12,13,14,15,17,18). The van der Waals surface area contributed by atoms with E-state index in [-0.39, 0.29) is 5.95 Å².